The maximum absolute atomic E-state index is 6.19. The summed E-state index contributed by atoms with van der Waals surface area (Å²) in [5.74, 6) is 0. The van der Waals surface area contributed by atoms with Gasteiger partial charge in [0.1, 0.15) is 0 Å². The molecular formula is C20H23Cl2N3. The molecule has 0 radical (unpaired) electrons. The Balaban J connectivity index is 1.60. The van der Waals surface area contributed by atoms with Crippen molar-refractivity contribution < 1.29 is 0 Å². The molecule has 1 saturated heterocycles. The predicted octanol–water partition coefficient (Wildman–Crippen LogP) is 5.38. The molecule has 0 saturated carbocycles. The Hall–Kier alpha value is -1.29. The fourth-order valence-electron chi connectivity index (χ4n) is 3.90. The van der Waals surface area contributed by atoms with Crippen LogP contribution in [-0.2, 0) is 6.42 Å². The Labute approximate surface area is 159 Å². The molecule has 25 heavy (non-hydrogen) atoms. The van der Waals surface area contributed by atoms with Crippen LogP contribution in [0.15, 0.2) is 30.5 Å². The highest BCUT2D eigenvalue weighted by Gasteiger charge is 2.20. The fourth-order valence-corrected chi connectivity index (χ4v) is 4.19. The van der Waals surface area contributed by atoms with Gasteiger partial charge in [0.15, 0.2) is 0 Å². The molecule has 1 aromatic carbocycles. The van der Waals surface area contributed by atoms with Crippen molar-refractivity contribution in [2.75, 3.05) is 19.6 Å². The van der Waals surface area contributed by atoms with E-state index in [0.29, 0.717) is 10.0 Å². The average Bonchev–Trinajstić information content (AvgIpc) is 3.08. The van der Waals surface area contributed by atoms with Crippen LogP contribution in [0.2, 0.25) is 10.0 Å². The molecule has 0 amide bonds. The minimum atomic E-state index is 0.570. The second-order valence-corrected chi connectivity index (χ2v) is 7.77. The smallest absolute Gasteiger partial charge is 0.0664 e. The third-order valence-electron chi connectivity index (χ3n) is 5.27. The van der Waals surface area contributed by atoms with E-state index >= 15 is 0 Å². The molecule has 0 unspecified atom stereocenters. The summed E-state index contributed by atoms with van der Waals surface area (Å²) in [7, 11) is 0. The molecule has 4 rings (SSSR count). The Morgan fingerprint density at radius 2 is 1.84 bits per heavy atom. The quantitative estimate of drug-likeness (QED) is 0.717. The number of fused-ring (bicyclic) bond motifs is 1. The Morgan fingerprint density at radius 3 is 2.64 bits per heavy atom. The molecule has 0 atom stereocenters. The molecule has 1 aliphatic carbocycles. The molecule has 2 heterocycles. The lowest BCUT2D eigenvalue weighted by Gasteiger charge is -2.26. The lowest BCUT2D eigenvalue weighted by Crippen LogP contribution is -2.29. The van der Waals surface area contributed by atoms with Gasteiger partial charge in [0.25, 0.3) is 0 Å². The summed E-state index contributed by atoms with van der Waals surface area (Å²) in [6, 6.07) is 5.71. The standard InChI is InChI=1S/C20H23Cl2N3/c21-18-8-7-16(13-19(18)22)25-20-6-4-5-15(17(20)14-23-25)9-12-24-10-2-1-3-11-24/h7-9,13-14H,1-6,10-12H2. The fraction of sp³-hybridized carbons (Fsp3) is 0.450. The van der Waals surface area contributed by atoms with E-state index in [2.05, 4.69) is 16.1 Å². The normalized spacial score (nSPS) is 20.0. The minimum Gasteiger partial charge on any atom is -0.300 e. The zero-order valence-corrected chi connectivity index (χ0v) is 15.9. The molecule has 2 aromatic rings. The van der Waals surface area contributed by atoms with E-state index < -0.39 is 0 Å². The van der Waals surface area contributed by atoms with Crippen molar-refractivity contribution in [3.63, 3.8) is 0 Å². The van der Waals surface area contributed by atoms with E-state index in [0.717, 1.165) is 25.1 Å². The first-order valence-electron chi connectivity index (χ1n) is 9.16. The van der Waals surface area contributed by atoms with Crippen LogP contribution < -0.4 is 0 Å². The van der Waals surface area contributed by atoms with Gasteiger partial charge in [-0.1, -0.05) is 35.7 Å². The number of rotatable bonds is 3. The number of aromatic nitrogens is 2. The van der Waals surface area contributed by atoms with Gasteiger partial charge in [0.2, 0.25) is 0 Å². The molecule has 1 aromatic heterocycles. The molecule has 5 heteroatoms. The van der Waals surface area contributed by atoms with Crippen LogP contribution in [0.25, 0.3) is 11.3 Å². The first-order valence-corrected chi connectivity index (χ1v) is 9.92. The monoisotopic (exact) mass is 375 g/mol. The molecular weight excluding hydrogens is 353 g/mol. The second kappa shape index (κ2) is 7.53. The van der Waals surface area contributed by atoms with Crippen molar-refractivity contribution in [3.05, 3.63) is 51.8 Å². The maximum atomic E-state index is 6.19. The van der Waals surface area contributed by atoms with Crippen molar-refractivity contribution in [3.8, 4) is 5.69 Å². The van der Waals surface area contributed by atoms with E-state index in [9.17, 15) is 0 Å². The third kappa shape index (κ3) is 3.64. The van der Waals surface area contributed by atoms with Crippen LogP contribution in [0.1, 0.15) is 43.4 Å². The highest BCUT2D eigenvalue weighted by molar-refractivity contribution is 6.42. The number of benzene rings is 1. The summed E-state index contributed by atoms with van der Waals surface area (Å²) in [6.45, 7) is 3.53. The summed E-state index contributed by atoms with van der Waals surface area (Å²) in [5, 5.41) is 5.79. The van der Waals surface area contributed by atoms with Crippen molar-refractivity contribution in [1.82, 2.24) is 14.7 Å². The third-order valence-corrected chi connectivity index (χ3v) is 6.01. The van der Waals surface area contributed by atoms with Crippen molar-refractivity contribution in [1.29, 1.82) is 0 Å². The van der Waals surface area contributed by atoms with E-state index in [-0.39, 0.29) is 0 Å². The summed E-state index contributed by atoms with van der Waals surface area (Å²) in [5.41, 5.74) is 5.01. The summed E-state index contributed by atoms with van der Waals surface area (Å²) in [4.78, 5) is 2.56. The predicted molar refractivity (Wildman–Crippen MR) is 105 cm³/mol. The Bertz CT molecular complexity index is 788. The first-order chi connectivity index (χ1) is 12.2. The zero-order chi connectivity index (χ0) is 17.2. The minimum absolute atomic E-state index is 0.570. The van der Waals surface area contributed by atoms with E-state index in [1.807, 2.05) is 29.1 Å². The van der Waals surface area contributed by atoms with E-state index in [4.69, 9.17) is 23.2 Å². The van der Waals surface area contributed by atoms with Crippen LogP contribution in [0, 0.1) is 0 Å². The lowest BCUT2D eigenvalue weighted by atomic mass is 9.92. The van der Waals surface area contributed by atoms with Gasteiger partial charge in [-0.15, -0.1) is 0 Å². The average molecular weight is 376 g/mol. The first kappa shape index (κ1) is 17.1. The molecule has 0 bridgehead atoms. The number of hydrogen-bond donors (Lipinski definition) is 0. The summed E-state index contributed by atoms with van der Waals surface area (Å²) >= 11 is 12.2. The van der Waals surface area contributed by atoms with Crippen LogP contribution >= 0.6 is 23.2 Å². The van der Waals surface area contributed by atoms with Crippen LogP contribution in [0.3, 0.4) is 0 Å². The topological polar surface area (TPSA) is 21.1 Å². The number of nitrogens with zero attached hydrogens (tertiary/aromatic N) is 3. The number of piperidine rings is 1. The number of hydrogen-bond acceptors (Lipinski definition) is 2. The molecule has 0 N–H and O–H groups in total. The second-order valence-electron chi connectivity index (χ2n) is 6.96. The van der Waals surface area contributed by atoms with E-state index in [1.165, 1.54) is 55.6 Å². The van der Waals surface area contributed by atoms with Gasteiger partial charge in [-0.2, -0.15) is 5.10 Å². The Morgan fingerprint density at radius 1 is 1.00 bits per heavy atom. The van der Waals surface area contributed by atoms with Gasteiger partial charge in [-0.25, -0.2) is 4.68 Å². The largest absolute Gasteiger partial charge is 0.300 e. The van der Waals surface area contributed by atoms with Crippen LogP contribution in [0.5, 0.6) is 0 Å². The summed E-state index contributed by atoms with van der Waals surface area (Å²) in [6.07, 6.45) is 11.9. The Kier molecular flexibility index (Phi) is 5.16. The molecule has 132 valence electrons. The summed E-state index contributed by atoms with van der Waals surface area (Å²) < 4.78 is 2.02. The maximum Gasteiger partial charge on any atom is 0.0664 e. The molecule has 1 fully saturated rings. The SMILES string of the molecule is Clc1ccc(-n2ncc3c2CCCC3=CCN2CCCCC2)cc1Cl. The van der Waals surface area contributed by atoms with Crippen molar-refractivity contribution >= 4 is 28.8 Å². The number of allylic oxidation sites excluding steroid dienone is 1. The molecule has 1 aliphatic heterocycles. The van der Waals surface area contributed by atoms with Gasteiger partial charge in [-0.05, 0) is 69.0 Å². The molecule has 3 nitrogen and oxygen atoms in total. The van der Waals surface area contributed by atoms with Crippen molar-refractivity contribution in [2.45, 2.75) is 38.5 Å². The lowest BCUT2D eigenvalue weighted by molar-refractivity contribution is 0.251. The van der Waals surface area contributed by atoms with Crippen LogP contribution in [0.4, 0.5) is 0 Å². The van der Waals surface area contributed by atoms with Gasteiger partial charge >= 0.3 is 0 Å². The highest BCUT2D eigenvalue weighted by atomic mass is 35.5. The number of halogens is 2. The molecule has 2 aliphatic rings. The number of likely N-dealkylation sites (tertiary alicyclic amines) is 1. The molecule has 0 spiro atoms. The zero-order valence-electron chi connectivity index (χ0n) is 14.3. The van der Waals surface area contributed by atoms with E-state index in [1.54, 1.807) is 0 Å². The van der Waals surface area contributed by atoms with Crippen molar-refractivity contribution in [2.24, 2.45) is 0 Å². The van der Waals surface area contributed by atoms with Gasteiger partial charge in [-0.3, -0.25) is 4.90 Å². The highest BCUT2D eigenvalue weighted by Crippen LogP contribution is 2.33. The van der Waals surface area contributed by atoms with Crippen LogP contribution in [-0.4, -0.2) is 34.3 Å². The van der Waals surface area contributed by atoms with Gasteiger partial charge in [0, 0.05) is 12.1 Å². The van der Waals surface area contributed by atoms with Gasteiger partial charge in [0.05, 0.1) is 27.6 Å². The van der Waals surface area contributed by atoms with Gasteiger partial charge < -0.3 is 0 Å².